The largest absolute Gasteiger partial charge is 0.338 e. The van der Waals surface area contributed by atoms with Crippen LogP contribution in [-0.4, -0.2) is 46.4 Å². The van der Waals surface area contributed by atoms with E-state index in [2.05, 4.69) is 9.88 Å². The summed E-state index contributed by atoms with van der Waals surface area (Å²) >= 11 is 0. The molecular formula is C21H22F3N3O. The fraction of sp³-hybridized carbons (Fsp3) is 0.429. The lowest BCUT2D eigenvalue weighted by atomic mass is 9.83. The minimum atomic E-state index is -1.43. The zero-order valence-electron chi connectivity index (χ0n) is 15.5. The van der Waals surface area contributed by atoms with Gasteiger partial charge in [0, 0.05) is 43.6 Å². The van der Waals surface area contributed by atoms with Gasteiger partial charge in [0.1, 0.15) is 0 Å². The van der Waals surface area contributed by atoms with E-state index < -0.39 is 17.5 Å². The number of hydrogen-bond donors (Lipinski definition) is 0. The minimum Gasteiger partial charge on any atom is -0.338 e. The van der Waals surface area contributed by atoms with Crippen molar-refractivity contribution in [2.45, 2.75) is 31.8 Å². The Bertz CT molecular complexity index is 838. The Morgan fingerprint density at radius 2 is 1.79 bits per heavy atom. The lowest BCUT2D eigenvalue weighted by Gasteiger charge is -2.47. The molecule has 2 aliphatic rings. The first kappa shape index (κ1) is 18.9. The molecule has 0 bridgehead atoms. The first-order valence-corrected chi connectivity index (χ1v) is 9.59. The number of benzene rings is 1. The zero-order chi connectivity index (χ0) is 19.7. The van der Waals surface area contributed by atoms with Crippen LogP contribution in [0.15, 0.2) is 36.7 Å². The maximum Gasteiger partial charge on any atom is 0.253 e. The Kier molecular flexibility index (Phi) is 5.35. The molecule has 4 rings (SSSR count). The monoisotopic (exact) mass is 389 g/mol. The second-order valence-corrected chi connectivity index (χ2v) is 7.59. The Morgan fingerprint density at radius 1 is 1.07 bits per heavy atom. The van der Waals surface area contributed by atoms with E-state index >= 15 is 0 Å². The van der Waals surface area contributed by atoms with Gasteiger partial charge in [-0.2, -0.15) is 0 Å². The van der Waals surface area contributed by atoms with Crippen molar-refractivity contribution in [1.82, 2.24) is 14.8 Å². The number of hydrogen-bond acceptors (Lipinski definition) is 3. The average Bonchev–Trinajstić information content (AvgIpc) is 2.72. The molecule has 2 atom stereocenters. The van der Waals surface area contributed by atoms with Crippen LogP contribution >= 0.6 is 0 Å². The lowest BCUT2D eigenvalue weighted by Crippen LogP contribution is -2.54. The van der Waals surface area contributed by atoms with E-state index in [9.17, 15) is 18.0 Å². The van der Waals surface area contributed by atoms with Crippen molar-refractivity contribution in [3.05, 3.63) is 65.2 Å². The molecule has 2 fully saturated rings. The topological polar surface area (TPSA) is 36.4 Å². The van der Waals surface area contributed by atoms with Gasteiger partial charge < -0.3 is 4.90 Å². The van der Waals surface area contributed by atoms with Gasteiger partial charge in [0.15, 0.2) is 17.5 Å². The summed E-state index contributed by atoms with van der Waals surface area (Å²) in [6, 6.07) is 5.85. The molecule has 1 aromatic carbocycles. The Labute approximate surface area is 162 Å². The summed E-state index contributed by atoms with van der Waals surface area (Å²) in [5.41, 5.74) is 1.07. The molecule has 0 unspecified atom stereocenters. The maximum atomic E-state index is 13.5. The van der Waals surface area contributed by atoms with Crippen LogP contribution in [0.3, 0.4) is 0 Å². The second kappa shape index (κ2) is 7.91. The van der Waals surface area contributed by atoms with Crippen LogP contribution in [0.5, 0.6) is 0 Å². The van der Waals surface area contributed by atoms with Crippen LogP contribution in [0.1, 0.15) is 35.2 Å². The number of rotatable bonds is 3. The number of nitrogens with zero attached hydrogens (tertiary/aromatic N) is 3. The number of likely N-dealkylation sites (tertiary alicyclic amines) is 2. The average molecular weight is 389 g/mol. The van der Waals surface area contributed by atoms with Crippen molar-refractivity contribution in [2.24, 2.45) is 5.92 Å². The molecule has 3 heterocycles. The highest BCUT2D eigenvalue weighted by Gasteiger charge is 2.37. The number of fused-ring (bicyclic) bond motifs is 1. The molecule has 0 aliphatic carbocycles. The molecule has 0 N–H and O–H groups in total. The van der Waals surface area contributed by atoms with E-state index in [0.29, 0.717) is 36.7 Å². The first-order valence-electron chi connectivity index (χ1n) is 9.59. The summed E-state index contributed by atoms with van der Waals surface area (Å²) in [7, 11) is 0. The third-order valence-electron chi connectivity index (χ3n) is 5.83. The number of piperidine rings is 2. The highest BCUT2D eigenvalue weighted by Crippen LogP contribution is 2.32. The number of aromatic nitrogens is 1. The van der Waals surface area contributed by atoms with Crippen LogP contribution in [0.4, 0.5) is 13.2 Å². The smallest absolute Gasteiger partial charge is 0.253 e. The number of carbonyl (C=O) groups is 1. The molecule has 2 aliphatic heterocycles. The molecule has 2 aromatic rings. The third-order valence-corrected chi connectivity index (χ3v) is 5.83. The van der Waals surface area contributed by atoms with Crippen LogP contribution in [-0.2, 0) is 6.54 Å². The fourth-order valence-electron chi connectivity index (χ4n) is 4.50. The van der Waals surface area contributed by atoms with E-state index in [1.807, 2.05) is 4.90 Å². The van der Waals surface area contributed by atoms with Gasteiger partial charge in [-0.05, 0) is 61.6 Å². The van der Waals surface area contributed by atoms with Crippen molar-refractivity contribution >= 4 is 5.91 Å². The van der Waals surface area contributed by atoms with E-state index in [4.69, 9.17) is 0 Å². The van der Waals surface area contributed by atoms with Crippen LogP contribution in [0, 0.1) is 23.4 Å². The quantitative estimate of drug-likeness (QED) is 0.753. The highest BCUT2D eigenvalue weighted by atomic mass is 19.2. The van der Waals surface area contributed by atoms with Gasteiger partial charge in [-0.1, -0.05) is 0 Å². The van der Waals surface area contributed by atoms with Crippen LogP contribution in [0.25, 0.3) is 0 Å². The summed E-state index contributed by atoms with van der Waals surface area (Å²) in [4.78, 5) is 20.8. The molecular weight excluding hydrogens is 367 g/mol. The number of carbonyl (C=O) groups excluding carboxylic acids is 1. The van der Waals surface area contributed by atoms with Crippen LogP contribution in [0.2, 0.25) is 0 Å². The Morgan fingerprint density at radius 3 is 2.50 bits per heavy atom. The van der Waals surface area contributed by atoms with E-state index in [1.165, 1.54) is 0 Å². The van der Waals surface area contributed by atoms with Gasteiger partial charge in [-0.25, -0.2) is 13.2 Å². The van der Waals surface area contributed by atoms with Gasteiger partial charge in [-0.15, -0.1) is 0 Å². The van der Waals surface area contributed by atoms with Gasteiger partial charge in [0.05, 0.1) is 0 Å². The summed E-state index contributed by atoms with van der Waals surface area (Å²) < 4.78 is 40.3. The van der Waals surface area contributed by atoms with Gasteiger partial charge in [-0.3, -0.25) is 14.7 Å². The molecule has 1 amide bonds. The van der Waals surface area contributed by atoms with Gasteiger partial charge in [0.25, 0.3) is 5.91 Å². The number of pyridine rings is 1. The molecule has 148 valence electrons. The maximum absolute atomic E-state index is 13.5. The fourth-order valence-corrected chi connectivity index (χ4v) is 4.50. The zero-order valence-corrected chi connectivity index (χ0v) is 15.5. The molecule has 7 heteroatoms. The van der Waals surface area contributed by atoms with Crippen molar-refractivity contribution in [1.29, 1.82) is 0 Å². The summed E-state index contributed by atoms with van der Waals surface area (Å²) in [6.45, 7) is 2.53. The van der Waals surface area contributed by atoms with Crippen LogP contribution < -0.4 is 0 Å². The normalized spacial score (nSPS) is 22.8. The van der Waals surface area contributed by atoms with Gasteiger partial charge in [0.2, 0.25) is 0 Å². The SMILES string of the molecule is O=C(c1ccncc1)N1CC[C@@H]2[C@H](CCCN2Cc2cc(F)c(F)c(F)c2)C1. The summed E-state index contributed by atoms with van der Waals surface area (Å²) in [5.74, 6) is -3.39. The molecule has 4 nitrogen and oxygen atoms in total. The predicted molar refractivity (Wildman–Crippen MR) is 98.0 cm³/mol. The lowest BCUT2D eigenvalue weighted by molar-refractivity contribution is 0.0174. The summed E-state index contributed by atoms with van der Waals surface area (Å²) in [5, 5.41) is 0. The van der Waals surface area contributed by atoms with E-state index in [1.54, 1.807) is 24.5 Å². The molecule has 28 heavy (non-hydrogen) atoms. The Balaban J connectivity index is 1.45. The summed E-state index contributed by atoms with van der Waals surface area (Å²) in [6.07, 6.45) is 6.03. The van der Waals surface area contributed by atoms with E-state index in [0.717, 1.165) is 37.9 Å². The van der Waals surface area contributed by atoms with Crippen molar-refractivity contribution in [2.75, 3.05) is 19.6 Å². The predicted octanol–water partition coefficient (Wildman–Crippen LogP) is 3.63. The highest BCUT2D eigenvalue weighted by molar-refractivity contribution is 5.94. The van der Waals surface area contributed by atoms with Gasteiger partial charge >= 0.3 is 0 Å². The van der Waals surface area contributed by atoms with Crippen molar-refractivity contribution < 1.29 is 18.0 Å². The Hall–Kier alpha value is -2.41. The minimum absolute atomic E-state index is 0.0145. The first-order chi connectivity index (χ1) is 13.5. The molecule has 0 spiro atoms. The standard InChI is InChI=1S/C21H22F3N3O/c22-17-10-14(11-18(23)20(17)24)12-26-8-1-2-16-13-27(9-5-19(16)26)21(28)15-3-6-25-7-4-15/h3-4,6-7,10-11,16,19H,1-2,5,8-9,12-13H2/t16-,19-/m1/s1. The molecule has 2 saturated heterocycles. The number of halogens is 3. The number of amides is 1. The molecule has 1 aromatic heterocycles. The van der Waals surface area contributed by atoms with Crippen molar-refractivity contribution in [3.63, 3.8) is 0 Å². The molecule has 0 saturated carbocycles. The third kappa shape index (κ3) is 3.76. The van der Waals surface area contributed by atoms with Crippen molar-refractivity contribution in [3.8, 4) is 0 Å². The molecule has 0 radical (unpaired) electrons. The van der Waals surface area contributed by atoms with E-state index in [-0.39, 0.29) is 11.9 Å². The second-order valence-electron chi connectivity index (χ2n) is 7.59.